The molecule has 0 fully saturated rings. The standard InChI is InChI=1S/C10H9BrF2N2O4/c1-2-19-8(16)4-6-9(11)5(10(12)13)3-7(14-6)15(17)18/h3,10H,2,4H2,1H3. The molecule has 6 nitrogen and oxygen atoms in total. The Morgan fingerprint density at radius 1 is 1.63 bits per heavy atom. The van der Waals surface area contributed by atoms with Crippen molar-refractivity contribution >= 4 is 27.7 Å². The van der Waals surface area contributed by atoms with Crippen molar-refractivity contribution < 1.29 is 23.2 Å². The molecule has 0 aliphatic rings. The molecular weight excluding hydrogens is 330 g/mol. The summed E-state index contributed by atoms with van der Waals surface area (Å²) in [5, 5.41) is 10.6. The van der Waals surface area contributed by atoms with E-state index in [0.717, 1.165) is 0 Å². The van der Waals surface area contributed by atoms with Crippen LogP contribution in [0.15, 0.2) is 10.5 Å². The van der Waals surface area contributed by atoms with E-state index in [1.807, 2.05) is 0 Å². The molecule has 0 unspecified atom stereocenters. The Morgan fingerprint density at radius 3 is 2.74 bits per heavy atom. The summed E-state index contributed by atoms with van der Waals surface area (Å²) in [7, 11) is 0. The number of halogens is 3. The first kappa shape index (κ1) is 15.4. The lowest BCUT2D eigenvalue weighted by molar-refractivity contribution is -0.389. The number of hydrogen-bond donors (Lipinski definition) is 0. The number of nitrogens with zero attached hydrogens (tertiary/aromatic N) is 2. The van der Waals surface area contributed by atoms with Crippen molar-refractivity contribution in [2.75, 3.05) is 6.61 Å². The van der Waals surface area contributed by atoms with E-state index in [0.29, 0.717) is 6.07 Å². The molecule has 1 heterocycles. The molecule has 1 rings (SSSR count). The zero-order chi connectivity index (χ0) is 14.6. The van der Waals surface area contributed by atoms with Gasteiger partial charge in [0.2, 0.25) is 0 Å². The van der Waals surface area contributed by atoms with Gasteiger partial charge in [-0.15, -0.1) is 0 Å². The maximum atomic E-state index is 12.7. The summed E-state index contributed by atoms with van der Waals surface area (Å²) in [6.45, 7) is 1.70. The number of rotatable bonds is 5. The highest BCUT2D eigenvalue weighted by Crippen LogP contribution is 2.32. The zero-order valence-electron chi connectivity index (χ0n) is 9.73. The van der Waals surface area contributed by atoms with Crippen LogP contribution in [0.4, 0.5) is 14.6 Å². The van der Waals surface area contributed by atoms with Crippen LogP contribution in [0.3, 0.4) is 0 Å². The summed E-state index contributed by atoms with van der Waals surface area (Å²) in [6, 6.07) is 0.670. The number of nitro groups is 1. The van der Waals surface area contributed by atoms with Gasteiger partial charge in [-0.25, -0.2) is 8.78 Å². The van der Waals surface area contributed by atoms with Crippen LogP contribution >= 0.6 is 15.9 Å². The lowest BCUT2D eigenvalue weighted by Crippen LogP contribution is -2.11. The first-order chi connectivity index (χ1) is 8.86. The van der Waals surface area contributed by atoms with Gasteiger partial charge in [0.1, 0.15) is 6.42 Å². The van der Waals surface area contributed by atoms with Crippen LogP contribution in [0.25, 0.3) is 0 Å². The van der Waals surface area contributed by atoms with Crippen LogP contribution in [-0.4, -0.2) is 22.5 Å². The number of ether oxygens (including phenoxy) is 1. The SMILES string of the molecule is CCOC(=O)Cc1nc([N+](=O)[O-])cc(C(F)F)c1Br. The minimum Gasteiger partial charge on any atom is -0.466 e. The number of carbonyl (C=O) groups is 1. The van der Waals surface area contributed by atoms with Crippen LogP contribution in [-0.2, 0) is 16.0 Å². The molecule has 19 heavy (non-hydrogen) atoms. The van der Waals surface area contributed by atoms with Crippen molar-refractivity contribution in [1.82, 2.24) is 4.98 Å². The number of aromatic nitrogens is 1. The Morgan fingerprint density at radius 2 is 2.26 bits per heavy atom. The highest BCUT2D eigenvalue weighted by molar-refractivity contribution is 9.10. The molecule has 104 valence electrons. The van der Waals surface area contributed by atoms with Crippen molar-refractivity contribution in [2.45, 2.75) is 19.8 Å². The molecular formula is C10H9BrF2N2O4. The minimum atomic E-state index is -2.92. The van der Waals surface area contributed by atoms with Crippen molar-refractivity contribution in [3.8, 4) is 0 Å². The van der Waals surface area contributed by atoms with Crippen LogP contribution in [0, 0.1) is 10.1 Å². The van der Waals surface area contributed by atoms with Crippen LogP contribution in [0.5, 0.6) is 0 Å². The monoisotopic (exact) mass is 338 g/mol. The third kappa shape index (κ3) is 3.91. The summed E-state index contributed by atoms with van der Waals surface area (Å²) < 4.78 is 30.0. The second kappa shape index (κ2) is 6.50. The summed E-state index contributed by atoms with van der Waals surface area (Å²) in [6.07, 6.45) is -3.34. The lowest BCUT2D eigenvalue weighted by Gasteiger charge is -2.06. The Bertz CT molecular complexity index is 511. The topological polar surface area (TPSA) is 82.3 Å². The Labute approximate surface area is 115 Å². The lowest BCUT2D eigenvalue weighted by atomic mass is 10.2. The van der Waals surface area contributed by atoms with Crippen molar-refractivity contribution in [3.63, 3.8) is 0 Å². The van der Waals surface area contributed by atoms with Crippen LogP contribution in [0.2, 0.25) is 0 Å². The second-order valence-corrected chi connectivity index (χ2v) is 4.16. The van der Waals surface area contributed by atoms with E-state index in [1.54, 1.807) is 6.92 Å². The van der Waals surface area contributed by atoms with Gasteiger partial charge in [-0.05, 0) is 32.8 Å². The molecule has 0 amide bonds. The molecule has 1 aromatic heterocycles. The number of hydrogen-bond acceptors (Lipinski definition) is 5. The Kier molecular flexibility index (Phi) is 5.28. The van der Waals surface area contributed by atoms with E-state index in [4.69, 9.17) is 0 Å². The van der Waals surface area contributed by atoms with Gasteiger partial charge in [-0.3, -0.25) is 4.79 Å². The highest BCUT2D eigenvalue weighted by atomic mass is 79.9. The molecule has 0 spiro atoms. The summed E-state index contributed by atoms with van der Waals surface area (Å²) in [4.78, 5) is 24.6. The number of alkyl halides is 2. The maximum Gasteiger partial charge on any atom is 0.364 e. The van der Waals surface area contributed by atoms with E-state index in [9.17, 15) is 23.7 Å². The molecule has 0 aliphatic heterocycles. The highest BCUT2D eigenvalue weighted by Gasteiger charge is 2.25. The van der Waals surface area contributed by atoms with Gasteiger partial charge in [0.05, 0.1) is 11.1 Å². The molecule has 0 N–H and O–H groups in total. The number of pyridine rings is 1. The third-order valence-corrected chi connectivity index (χ3v) is 3.00. The fourth-order valence-corrected chi connectivity index (χ4v) is 1.82. The summed E-state index contributed by atoms with van der Waals surface area (Å²) >= 11 is 2.87. The van der Waals surface area contributed by atoms with E-state index in [2.05, 4.69) is 25.7 Å². The minimum absolute atomic E-state index is 0.118. The smallest absolute Gasteiger partial charge is 0.364 e. The summed E-state index contributed by atoms with van der Waals surface area (Å²) in [5.41, 5.74) is -0.732. The molecule has 0 aromatic carbocycles. The molecule has 0 bridgehead atoms. The average molecular weight is 339 g/mol. The molecule has 0 aliphatic carbocycles. The molecule has 0 saturated carbocycles. The first-order valence-corrected chi connectivity index (χ1v) is 5.93. The van der Waals surface area contributed by atoms with Crippen LogP contribution < -0.4 is 0 Å². The van der Waals surface area contributed by atoms with Gasteiger partial charge in [0, 0.05) is 11.6 Å². The van der Waals surface area contributed by atoms with Gasteiger partial charge < -0.3 is 14.9 Å². The van der Waals surface area contributed by atoms with Gasteiger partial charge in [-0.2, -0.15) is 0 Å². The zero-order valence-corrected chi connectivity index (χ0v) is 11.3. The quantitative estimate of drug-likeness (QED) is 0.468. The fourth-order valence-electron chi connectivity index (χ4n) is 1.31. The number of esters is 1. The van der Waals surface area contributed by atoms with Gasteiger partial charge >= 0.3 is 11.8 Å². The Balaban J connectivity index is 3.21. The van der Waals surface area contributed by atoms with Crippen LogP contribution in [0.1, 0.15) is 24.6 Å². The third-order valence-electron chi connectivity index (χ3n) is 2.08. The predicted octanol–water partition coefficient (Wildman–Crippen LogP) is 2.80. The molecule has 1 aromatic rings. The van der Waals surface area contributed by atoms with E-state index in [1.165, 1.54) is 0 Å². The van der Waals surface area contributed by atoms with Gasteiger partial charge in [0.25, 0.3) is 6.43 Å². The molecule has 9 heteroatoms. The summed E-state index contributed by atoms with van der Waals surface area (Å²) in [5.74, 6) is -1.44. The average Bonchev–Trinajstić information content (AvgIpc) is 2.31. The van der Waals surface area contributed by atoms with E-state index < -0.39 is 35.1 Å². The van der Waals surface area contributed by atoms with Gasteiger partial charge in [-0.1, -0.05) is 0 Å². The second-order valence-electron chi connectivity index (χ2n) is 3.37. The molecule has 0 saturated heterocycles. The Hall–Kier alpha value is -1.64. The van der Waals surface area contributed by atoms with E-state index >= 15 is 0 Å². The van der Waals surface area contributed by atoms with Crippen molar-refractivity contribution in [1.29, 1.82) is 0 Å². The van der Waals surface area contributed by atoms with Gasteiger partial charge in [0.15, 0.2) is 5.69 Å². The first-order valence-electron chi connectivity index (χ1n) is 5.14. The predicted molar refractivity (Wildman–Crippen MR) is 63.9 cm³/mol. The maximum absolute atomic E-state index is 12.7. The number of carbonyl (C=O) groups excluding carboxylic acids is 1. The molecule has 0 atom stereocenters. The van der Waals surface area contributed by atoms with E-state index in [-0.39, 0.29) is 16.8 Å². The molecule has 0 radical (unpaired) electrons. The van der Waals surface area contributed by atoms with Crippen molar-refractivity contribution in [2.24, 2.45) is 0 Å². The largest absolute Gasteiger partial charge is 0.466 e. The van der Waals surface area contributed by atoms with Crippen molar-refractivity contribution in [3.05, 3.63) is 31.9 Å². The normalized spacial score (nSPS) is 10.6. The fraction of sp³-hybridized carbons (Fsp3) is 0.400.